The van der Waals surface area contributed by atoms with Crippen LogP contribution in [-0.2, 0) is 14.8 Å². The number of hydrogen-bond donors (Lipinski definition) is 2. The number of amides is 1. The van der Waals surface area contributed by atoms with E-state index in [0.717, 1.165) is 25.7 Å². The van der Waals surface area contributed by atoms with E-state index in [9.17, 15) is 26.4 Å². The Morgan fingerprint density at radius 3 is 2.09 bits per heavy atom. The van der Waals surface area contributed by atoms with Crippen molar-refractivity contribution in [3.8, 4) is 0 Å². The summed E-state index contributed by atoms with van der Waals surface area (Å²) in [6.07, 6.45) is 0.0148. The Balaban J connectivity index is 0.000000406. The van der Waals surface area contributed by atoms with E-state index in [-0.39, 0.29) is 17.4 Å². The highest BCUT2D eigenvalue weighted by Gasteiger charge is 2.50. The minimum atomic E-state index is -5.08. The minimum Gasteiger partial charge on any atom is -0.475 e. The lowest BCUT2D eigenvalue weighted by Gasteiger charge is -2.53. The van der Waals surface area contributed by atoms with E-state index >= 15 is 0 Å². The van der Waals surface area contributed by atoms with Gasteiger partial charge in [-0.1, -0.05) is 24.3 Å². The summed E-state index contributed by atoms with van der Waals surface area (Å²) in [7, 11) is -3.51. The number of carbonyl (C=O) groups is 2. The molecule has 4 rings (SSSR count). The van der Waals surface area contributed by atoms with Gasteiger partial charge in [0.05, 0.1) is 4.90 Å². The first-order chi connectivity index (χ1) is 15.9. The SMILES string of the molecule is O=C(O)C(F)(F)F.O=C(c1ccccn1)N1CCC2(CCC2NS(=O)(=O)c2ccccc2)CC1. The standard InChI is InChI=1S/C20H23N3O3S.C2HF3O2/c24-19(17-8-4-5-13-21-17)23-14-11-20(12-15-23)10-9-18(20)22-27(25,26)16-6-2-1-3-7-16;3-2(4,5)1(6)7/h1-8,13,18,22H,9-12,14-15H2;(H,6,7). The normalized spacial score (nSPS) is 19.5. The largest absolute Gasteiger partial charge is 0.490 e. The quantitative estimate of drug-likeness (QED) is 0.668. The van der Waals surface area contributed by atoms with E-state index in [1.54, 1.807) is 48.7 Å². The number of hydrogen-bond acceptors (Lipinski definition) is 5. The van der Waals surface area contributed by atoms with Crippen molar-refractivity contribution in [2.24, 2.45) is 5.41 Å². The molecule has 1 aliphatic carbocycles. The molecule has 2 heterocycles. The molecule has 2 fully saturated rings. The van der Waals surface area contributed by atoms with Crippen LogP contribution in [0.25, 0.3) is 0 Å². The molecule has 1 aromatic heterocycles. The zero-order valence-electron chi connectivity index (χ0n) is 18.0. The molecule has 34 heavy (non-hydrogen) atoms. The van der Waals surface area contributed by atoms with Crippen LogP contribution < -0.4 is 4.72 Å². The number of aliphatic carboxylic acids is 1. The van der Waals surface area contributed by atoms with E-state index in [1.807, 2.05) is 11.0 Å². The number of nitrogens with zero attached hydrogens (tertiary/aromatic N) is 2. The Kier molecular flexibility index (Phi) is 7.61. The highest BCUT2D eigenvalue weighted by Crippen LogP contribution is 2.49. The number of alkyl halides is 3. The lowest BCUT2D eigenvalue weighted by atomic mass is 9.59. The molecule has 1 saturated carbocycles. The van der Waals surface area contributed by atoms with Gasteiger partial charge in [-0.05, 0) is 55.4 Å². The summed E-state index contributed by atoms with van der Waals surface area (Å²) in [5.74, 6) is -2.81. The van der Waals surface area contributed by atoms with Crippen molar-refractivity contribution >= 4 is 21.9 Å². The lowest BCUT2D eigenvalue weighted by Crippen LogP contribution is -2.59. The summed E-state index contributed by atoms with van der Waals surface area (Å²) in [6, 6.07) is 13.8. The molecule has 1 saturated heterocycles. The highest BCUT2D eigenvalue weighted by molar-refractivity contribution is 7.89. The van der Waals surface area contributed by atoms with Gasteiger partial charge in [0.1, 0.15) is 5.69 Å². The first-order valence-electron chi connectivity index (χ1n) is 10.5. The fraction of sp³-hybridized carbons (Fsp3) is 0.409. The van der Waals surface area contributed by atoms with Crippen molar-refractivity contribution in [3.05, 3.63) is 60.4 Å². The maximum absolute atomic E-state index is 12.6. The maximum atomic E-state index is 12.6. The third-order valence-corrected chi connectivity index (χ3v) is 7.68. The second-order valence-electron chi connectivity index (χ2n) is 8.20. The molecule has 1 aliphatic heterocycles. The molecule has 2 aromatic rings. The van der Waals surface area contributed by atoms with Gasteiger partial charge in [-0.25, -0.2) is 17.9 Å². The topological polar surface area (TPSA) is 117 Å². The van der Waals surface area contributed by atoms with Crippen molar-refractivity contribution in [1.29, 1.82) is 0 Å². The molecular formula is C22H24F3N3O5S. The number of carboxylic acids is 1. The van der Waals surface area contributed by atoms with Crippen molar-refractivity contribution in [2.45, 2.75) is 42.8 Å². The molecule has 1 amide bonds. The molecule has 12 heteroatoms. The Hall–Kier alpha value is -2.99. The van der Waals surface area contributed by atoms with Gasteiger partial charge in [0.15, 0.2) is 0 Å². The third kappa shape index (κ3) is 5.92. The molecule has 1 spiro atoms. The zero-order valence-corrected chi connectivity index (χ0v) is 18.8. The van der Waals surface area contributed by atoms with E-state index in [4.69, 9.17) is 9.90 Å². The van der Waals surface area contributed by atoms with Crippen molar-refractivity contribution in [1.82, 2.24) is 14.6 Å². The Morgan fingerprint density at radius 1 is 1.03 bits per heavy atom. The number of benzene rings is 1. The summed E-state index contributed by atoms with van der Waals surface area (Å²) in [6.45, 7) is 1.28. The van der Waals surface area contributed by atoms with E-state index in [0.29, 0.717) is 23.7 Å². The van der Waals surface area contributed by atoms with Crippen LogP contribution in [0.5, 0.6) is 0 Å². The van der Waals surface area contributed by atoms with Gasteiger partial charge >= 0.3 is 12.1 Å². The molecule has 1 atom stereocenters. The summed E-state index contributed by atoms with van der Waals surface area (Å²) in [4.78, 5) is 27.7. The fourth-order valence-electron chi connectivity index (χ4n) is 4.14. The van der Waals surface area contributed by atoms with Crippen molar-refractivity contribution in [2.75, 3.05) is 13.1 Å². The van der Waals surface area contributed by atoms with Crippen LogP contribution >= 0.6 is 0 Å². The first-order valence-corrected chi connectivity index (χ1v) is 12.0. The van der Waals surface area contributed by atoms with Crippen LogP contribution in [-0.4, -0.2) is 60.6 Å². The number of sulfonamides is 1. The lowest BCUT2D eigenvalue weighted by molar-refractivity contribution is -0.192. The number of carboxylic acid groups (broad SMARTS) is 1. The van der Waals surface area contributed by atoms with Crippen molar-refractivity contribution < 1.29 is 36.3 Å². The number of rotatable bonds is 4. The van der Waals surface area contributed by atoms with E-state index < -0.39 is 22.2 Å². The average molecular weight is 500 g/mol. The monoisotopic (exact) mass is 499 g/mol. The zero-order chi connectivity index (χ0) is 25.0. The number of nitrogens with one attached hydrogen (secondary N) is 1. The summed E-state index contributed by atoms with van der Waals surface area (Å²) in [5, 5.41) is 7.12. The van der Waals surface area contributed by atoms with Gasteiger partial charge in [0.2, 0.25) is 10.0 Å². The van der Waals surface area contributed by atoms with Gasteiger partial charge < -0.3 is 10.0 Å². The molecule has 8 nitrogen and oxygen atoms in total. The number of likely N-dealkylation sites (tertiary alicyclic amines) is 1. The molecule has 0 radical (unpaired) electrons. The van der Waals surface area contributed by atoms with Gasteiger partial charge in [0, 0.05) is 25.3 Å². The number of halogens is 3. The van der Waals surface area contributed by atoms with Crippen LogP contribution in [0, 0.1) is 5.41 Å². The number of carbonyl (C=O) groups excluding carboxylic acids is 1. The Bertz CT molecular complexity index is 1100. The molecule has 2 aliphatic rings. The summed E-state index contributed by atoms with van der Waals surface area (Å²) < 4.78 is 59.9. The Morgan fingerprint density at radius 2 is 1.62 bits per heavy atom. The van der Waals surface area contributed by atoms with Gasteiger partial charge in [0.25, 0.3) is 5.91 Å². The molecule has 184 valence electrons. The van der Waals surface area contributed by atoms with Gasteiger partial charge in [-0.2, -0.15) is 13.2 Å². The minimum absolute atomic E-state index is 0.0389. The molecule has 2 N–H and O–H groups in total. The Labute approximate surface area is 194 Å². The number of aromatic nitrogens is 1. The second-order valence-corrected chi connectivity index (χ2v) is 9.91. The van der Waals surface area contributed by atoms with Crippen LogP contribution in [0.2, 0.25) is 0 Å². The van der Waals surface area contributed by atoms with Gasteiger partial charge in [-0.3, -0.25) is 9.78 Å². The van der Waals surface area contributed by atoms with Crippen LogP contribution in [0.1, 0.15) is 36.2 Å². The molecule has 1 aromatic carbocycles. The van der Waals surface area contributed by atoms with Crippen LogP contribution in [0.3, 0.4) is 0 Å². The van der Waals surface area contributed by atoms with E-state index in [2.05, 4.69) is 9.71 Å². The summed E-state index contributed by atoms with van der Waals surface area (Å²) >= 11 is 0. The first kappa shape index (κ1) is 25.6. The van der Waals surface area contributed by atoms with Crippen LogP contribution in [0.4, 0.5) is 13.2 Å². The van der Waals surface area contributed by atoms with E-state index in [1.165, 1.54) is 0 Å². The number of pyridine rings is 1. The number of piperidine rings is 1. The third-order valence-electron chi connectivity index (χ3n) is 6.19. The molecule has 0 bridgehead atoms. The summed E-state index contributed by atoms with van der Waals surface area (Å²) in [5.41, 5.74) is 0.423. The maximum Gasteiger partial charge on any atom is 0.490 e. The van der Waals surface area contributed by atoms with Gasteiger partial charge in [-0.15, -0.1) is 0 Å². The van der Waals surface area contributed by atoms with Crippen molar-refractivity contribution in [3.63, 3.8) is 0 Å². The molecular weight excluding hydrogens is 475 g/mol. The fourth-order valence-corrected chi connectivity index (χ4v) is 5.53. The smallest absolute Gasteiger partial charge is 0.475 e. The predicted octanol–water partition coefficient (Wildman–Crippen LogP) is 3.08. The van der Waals surface area contributed by atoms with Crippen LogP contribution in [0.15, 0.2) is 59.6 Å². The second kappa shape index (κ2) is 10.1. The average Bonchev–Trinajstić information content (AvgIpc) is 2.82. The predicted molar refractivity (Wildman–Crippen MR) is 115 cm³/mol. The molecule has 1 unspecified atom stereocenters. The highest BCUT2D eigenvalue weighted by atomic mass is 32.2.